The second-order valence-corrected chi connectivity index (χ2v) is 5.53. The lowest BCUT2D eigenvalue weighted by molar-refractivity contribution is 0.0284. The fraction of sp³-hybridized carbons (Fsp3) is 0.917. The van der Waals surface area contributed by atoms with Crippen molar-refractivity contribution in [3.63, 3.8) is 0 Å². The minimum absolute atomic E-state index is 0.162. The summed E-state index contributed by atoms with van der Waals surface area (Å²) in [7, 11) is 0. The zero-order valence-electron chi connectivity index (χ0n) is 10.5. The van der Waals surface area contributed by atoms with Gasteiger partial charge >= 0.3 is 6.09 Å². The van der Waals surface area contributed by atoms with E-state index in [4.69, 9.17) is 4.74 Å². The maximum atomic E-state index is 11.8. The molecule has 3 heteroatoms. The average molecular weight is 213 g/mol. The van der Waals surface area contributed by atoms with Gasteiger partial charge in [0.15, 0.2) is 0 Å². The van der Waals surface area contributed by atoms with Crippen molar-refractivity contribution in [2.45, 2.75) is 46.6 Å². The number of ether oxygens (including phenoxy) is 1. The predicted octanol–water partition coefficient (Wildman–Crippen LogP) is 2.90. The second-order valence-electron chi connectivity index (χ2n) is 5.53. The molecule has 1 rings (SSSR count). The number of likely N-dealkylation sites (tertiary alicyclic amines) is 1. The molecule has 2 unspecified atom stereocenters. The van der Waals surface area contributed by atoms with Crippen molar-refractivity contribution in [3.05, 3.63) is 0 Å². The molecule has 0 aromatic carbocycles. The van der Waals surface area contributed by atoms with Crippen LogP contribution in [0, 0.1) is 11.8 Å². The number of hydrogen-bond donors (Lipinski definition) is 0. The van der Waals surface area contributed by atoms with Gasteiger partial charge in [-0.3, -0.25) is 0 Å². The SMILES string of the molecule is CCC1CN(C(=O)OC(C)(C)C)CC1C. The van der Waals surface area contributed by atoms with E-state index in [9.17, 15) is 4.79 Å². The molecular weight excluding hydrogens is 190 g/mol. The Morgan fingerprint density at radius 2 is 2.00 bits per heavy atom. The van der Waals surface area contributed by atoms with Crippen LogP contribution in [0.4, 0.5) is 4.79 Å². The van der Waals surface area contributed by atoms with Gasteiger partial charge in [0.1, 0.15) is 5.60 Å². The van der Waals surface area contributed by atoms with Gasteiger partial charge in [-0.1, -0.05) is 20.3 Å². The van der Waals surface area contributed by atoms with Gasteiger partial charge < -0.3 is 9.64 Å². The fourth-order valence-electron chi connectivity index (χ4n) is 2.04. The predicted molar refractivity (Wildman–Crippen MR) is 60.8 cm³/mol. The Bertz CT molecular complexity index is 232. The highest BCUT2D eigenvalue weighted by Gasteiger charge is 2.33. The summed E-state index contributed by atoms with van der Waals surface area (Å²) in [5.41, 5.74) is -0.384. The Morgan fingerprint density at radius 1 is 1.40 bits per heavy atom. The van der Waals surface area contributed by atoms with Gasteiger partial charge in [0.05, 0.1) is 0 Å². The van der Waals surface area contributed by atoms with E-state index in [1.807, 2.05) is 25.7 Å². The first-order chi connectivity index (χ1) is 6.83. The second kappa shape index (κ2) is 4.42. The van der Waals surface area contributed by atoms with E-state index in [2.05, 4.69) is 13.8 Å². The van der Waals surface area contributed by atoms with Crippen LogP contribution in [-0.4, -0.2) is 29.7 Å². The summed E-state index contributed by atoms with van der Waals surface area (Å²) < 4.78 is 5.35. The molecule has 0 radical (unpaired) electrons. The molecule has 0 aromatic rings. The summed E-state index contributed by atoms with van der Waals surface area (Å²) in [6.07, 6.45) is 0.978. The Balaban J connectivity index is 2.50. The summed E-state index contributed by atoms with van der Waals surface area (Å²) in [5.74, 6) is 1.24. The van der Waals surface area contributed by atoms with Gasteiger partial charge in [-0.25, -0.2) is 4.79 Å². The first-order valence-corrected chi connectivity index (χ1v) is 5.81. The molecule has 3 nitrogen and oxygen atoms in total. The van der Waals surface area contributed by atoms with Crippen molar-refractivity contribution < 1.29 is 9.53 Å². The van der Waals surface area contributed by atoms with Crippen LogP contribution in [0.3, 0.4) is 0 Å². The minimum Gasteiger partial charge on any atom is -0.444 e. The van der Waals surface area contributed by atoms with Gasteiger partial charge in [-0.05, 0) is 32.6 Å². The van der Waals surface area contributed by atoms with E-state index in [0.717, 1.165) is 19.5 Å². The number of carbonyl (C=O) groups is 1. The third-order valence-corrected chi connectivity index (χ3v) is 2.94. The minimum atomic E-state index is -0.384. The highest BCUT2D eigenvalue weighted by molar-refractivity contribution is 5.68. The quantitative estimate of drug-likeness (QED) is 0.670. The van der Waals surface area contributed by atoms with Crippen LogP contribution in [0.25, 0.3) is 0 Å². The topological polar surface area (TPSA) is 29.5 Å². The molecule has 1 fully saturated rings. The first-order valence-electron chi connectivity index (χ1n) is 5.81. The summed E-state index contributed by atoms with van der Waals surface area (Å²) in [6.45, 7) is 11.8. The van der Waals surface area contributed by atoms with Crippen molar-refractivity contribution >= 4 is 6.09 Å². The molecule has 1 heterocycles. The number of carbonyl (C=O) groups excluding carboxylic acids is 1. The molecule has 0 aliphatic carbocycles. The van der Waals surface area contributed by atoms with Crippen LogP contribution in [-0.2, 0) is 4.74 Å². The average Bonchev–Trinajstić information content (AvgIpc) is 2.43. The summed E-state index contributed by atoms with van der Waals surface area (Å²) >= 11 is 0. The van der Waals surface area contributed by atoms with Gasteiger partial charge in [-0.2, -0.15) is 0 Å². The number of hydrogen-bond acceptors (Lipinski definition) is 2. The molecule has 1 amide bonds. The molecule has 0 aromatic heterocycles. The van der Waals surface area contributed by atoms with Gasteiger partial charge in [-0.15, -0.1) is 0 Å². The number of rotatable bonds is 1. The molecular formula is C12H23NO2. The van der Waals surface area contributed by atoms with Gasteiger partial charge in [0, 0.05) is 13.1 Å². The Hall–Kier alpha value is -0.730. The summed E-state index contributed by atoms with van der Waals surface area (Å²) in [4.78, 5) is 13.6. The molecule has 1 saturated heterocycles. The number of amides is 1. The smallest absolute Gasteiger partial charge is 0.410 e. The van der Waals surface area contributed by atoms with Crippen molar-refractivity contribution in [2.24, 2.45) is 11.8 Å². The van der Waals surface area contributed by atoms with E-state index in [0.29, 0.717) is 11.8 Å². The fourth-order valence-corrected chi connectivity index (χ4v) is 2.04. The van der Waals surface area contributed by atoms with Crippen LogP contribution in [0.5, 0.6) is 0 Å². The monoisotopic (exact) mass is 213 g/mol. The van der Waals surface area contributed by atoms with Crippen LogP contribution in [0.15, 0.2) is 0 Å². The van der Waals surface area contributed by atoms with Crippen LogP contribution in [0.1, 0.15) is 41.0 Å². The molecule has 0 spiro atoms. The van der Waals surface area contributed by atoms with E-state index in [1.165, 1.54) is 0 Å². The normalized spacial score (nSPS) is 26.9. The Labute approximate surface area is 92.8 Å². The third kappa shape index (κ3) is 3.40. The van der Waals surface area contributed by atoms with E-state index >= 15 is 0 Å². The third-order valence-electron chi connectivity index (χ3n) is 2.94. The molecule has 0 saturated carbocycles. The molecule has 0 bridgehead atoms. The summed E-state index contributed by atoms with van der Waals surface area (Å²) in [5, 5.41) is 0. The largest absolute Gasteiger partial charge is 0.444 e. The van der Waals surface area contributed by atoms with E-state index in [1.54, 1.807) is 0 Å². The zero-order valence-corrected chi connectivity index (χ0v) is 10.5. The lowest BCUT2D eigenvalue weighted by Crippen LogP contribution is -2.35. The van der Waals surface area contributed by atoms with Crippen molar-refractivity contribution in [1.29, 1.82) is 0 Å². The molecule has 15 heavy (non-hydrogen) atoms. The van der Waals surface area contributed by atoms with E-state index < -0.39 is 0 Å². The number of nitrogens with zero attached hydrogens (tertiary/aromatic N) is 1. The lowest BCUT2D eigenvalue weighted by Gasteiger charge is -2.24. The molecule has 2 atom stereocenters. The highest BCUT2D eigenvalue weighted by Crippen LogP contribution is 2.26. The molecule has 88 valence electrons. The Morgan fingerprint density at radius 3 is 2.40 bits per heavy atom. The lowest BCUT2D eigenvalue weighted by atomic mass is 9.96. The van der Waals surface area contributed by atoms with Crippen LogP contribution in [0.2, 0.25) is 0 Å². The molecule has 1 aliphatic rings. The van der Waals surface area contributed by atoms with Gasteiger partial charge in [0.2, 0.25) is 0 Å². The first kappa shape index (κ1) is 12.3. The van der Waals surface area contributed by atoms with Crippen molar-refractivity contribution in [1.82, 2.24) is 4.90 Å². The summed E-state index contributed by atoms with van der Waals surface area (Å²) in [6, 6.07) is 0. The maximum absolute atomic E-state index is 11.8. The van der Waals surface area contributed by atoms with Crippen molar-refractivity contribution in [3.8, 4) is 0 Å². The van der Waals surface area contributed by atoms with Crippen molar-refractivity contribution in [2.75, 3.05) is 13.1 Å². The van der Waals surface area contributed by atoms with E-state index in [-0.39, 0.29) is 11.7 Å². The molecule has 1 aliphatic heterocycles. The van der Waals surface area contributed by atoms with Crippen LogP contribution < -0.4 is 0 Å². The highest BCUT2D eigenvalue weighted by atomic mass is 16.6. The maximum Gasteiger partial charge on any atom is 0.410 e. The zero-order chi connectivity index (χ0) is 11.6. The standard InChI is InChI=1S/C12H23NO2/c1-6-10-8-13(7-9(10)2)11(14)15-12(3,4)5/h9-10H,6-8H2,1-5H3. The Kier molecular flexibility index (Phi) is 3.63. The van der Waals surface area contributed by atoms with Gasteiger partial charge in [0.25, 0.3) is 0 Å². The molecule has 0 N–H and O–H groups in total. The van der Waals surface area contributed by atoms with Crippen LogP contribution >= 0.6 is 0 Å².